The number of nitro benzene ring substituents is 1. The Morgan fingerprint density at radius 1 is 1.19 bits per heavy atom. The molecule has 0 aliphatic heterocycles. The zero-order valence-electron chi connectivity index (χ0n) is 14.8. The zero-order chi connectivity index (χ0) is 19.2. The number of aromatic nitrogens is 2. The Kier molecular flexibility index (Phi) is 5.46. The molecule has 3 rings (SSSR count). The summed E-state index contributed by atoms with van der Waals surface area (Å²) in [5.41, 5.74) is 2.72. The topological polar surface area (TPSA) is 105 Å². The van der Waals surface area contributed by atoms with Gasteiger partial charge in [0.1, 0.15) is 0 Å². The maximum atomic E-state index is 12.5. The van der Waals surface area contributed by atoms with E-state index < -0.39 is 4.92 Å². The number of benzene rings is 2. The molecule has 27 heavy (non-hydrogen) atoms. The summed E-state index contributed by atoms with van der Waals surface area (Å²) in [6.07, 6.45) is 1.57. The molecule has 0 fully saturated rings. The van der Waals surface area contributed by atoms with Gasteiger partial charge < -0.3 is 5.32 Å². The highest BCUT2D eigenvalue weighted by atomic mass is 16.6. The van der Waals surface area contributed by atoms with Crippen LogP contribution >= 0.6 is 0 Å². The van der Waals surface area contributed by atoms with Crippen LogP contribution in [0.3, 0.4) is 0 Å². The van der Waals surface area contributed by atoms with Gasteiger partial charge in [0.15, 0.2) is 0 Å². The van der Waals surface area contributed by atoms with Gasteiger partial charge in [-0.05, 0) is 31.2 Å². The van der Waals surface area contributed by atoms with Gasteiger partial charge in [0.25, 0.3) is 11.2 Å². The standard InChI is InChI=1S/C19H19N5O3/c1-14-18(19(25)23(22-14)16-5-3-2-4-6-16)13-20-11-12-21-15-7-9-17(10-8-15)24(26)27/h2-10,13,21-22H,11-12H2,1H3. The quantitative estimate of drug-likeness (QED) is 0.291. The summed E-state index contributed by atoms with van der Waals surface area (Å²) in [6, 6.07) is 15.5. The van der Waals surface area contributed by atoms with Crippen LogP contribution in [0.5, 0.6) is 0 Å². The molecule has 0 radical (unpaired) electrons. The van der Waals surface area contributed by atoms with E-state index in [0.29, 0.717) is 18.7 Å². The van der Waals surface area contributed by atoms with E-state index in [1.807, 2.05) is 37.3 Å². The number of hydrogen-bond donors (Lipinski definition) is 2. The second kappa shape index (κ2) is 8.13. The summed E-state index contributed by atoms with van der Waals surface area (Å²) in [4.78, 5) is 27.0. The molecule has 2 aromatic carbocycles. The molecule has 0 atom stereocenters. The number of rotatable bonds is 7. The van der Waals surface area contributed by atoms with Crippen LogP contribution in [0.15, 0.2) is 64.4 Å². The third kappa shape index (κ3) is 4.30. The van der Waals surface area contributed by atoms with Gasteiger partial charge in [0.2, 0.25) is 0 Å². The maximum Gasteiger partial charge on any atom is 0.280 e. The van der Waals surface area contributed by atoms with Crippen molar-refractivity contribution in [2.24, 2.45) is 4.99 Å². The van der Waals surface area contributed by atoms with Crippen molar-refractivity contribution in [1.29, 1.82) is 0 Å². The van der Waals surface area contributed by atoms with E-state index in [-0.39, 0.29) is 11.2 Å². The monoisotopic (exact) mass is 365 g/mol. The van der Waals surface area contributed by atoms with Gasteiger partial charge in [-0.2, -0.15) is 0 Å². The molecule has 3 aromatic rings. The van der Waals surface area contributed by atoms with Crippen molar-refractivity contribution in [3.63, 3.8) is 0 Å². The van der Waals surface area contributed by atoms with Crippen molar-refractivity contribution >= 4 is 17.6 Å². The molecule has 138 valence electrons. The molecule has 1 aromatic heterocycles. The lowest BCUT2D eigenvalue weighted by Crippen LogP contribution is -2.17. The summed E-state index contributed by atoms with van der Waals surface area (Å²) in [7, 11) is 0. The Bertz CT molecular complexity index is 1000. The van der Waals surface area contributed by atoms with Crippen LogP contribution in [0.4, 0.5) is 11.4 Å². The number of H-pyrrole nitrogens is 1. The van der Waals surface area contributed by atoms with E-state index in [4.69, 9.17) is 0 Å². The first-order valence-electron chi connectivity index (χ1n) is 8.41. The Labute approximate surface area is 155 Å². The molecular formula is C19H19N5O3. The number of hydrogen-bond acceptors (Lipinski definition) is 5. The number of nitrogens with one attached hydrogen (secondary N) is 2. The highest BCUT2D eigenvalue weighted by Crippen LogP contribution is 2.14. The number of non-ortho nitro benzene ring substituents is 1. The summed E-state index contributed by atoms with van der Waals surface area (Å²) >= 11 is 0. The van der Waals surface area contributed by atoms with Gasteiger partial charge in [-0.15, -0.1) is 0 Å². The molecule has 0 spiro atoms. The Morgan fingerprint density at radius 2 is 1.89 bits per heavy atom. The van der Waals surface area contributed by atoms with Crippen LogP contribution in [0.25, 0.3) is 5.69 Å². The van der Waals surface area contributed by atoms with Crippen LogP contribution < -0.4 is 10.9 Å². The average molecular weight is 365 g/mol. The minimum absolute atomic E-state index is 0.0520. The number of para-hydroxylation sites is 1. The smallest absolute Gasteiger partial charge is 0.280 e. The largest absolute Gasteiger partial charge is 0.383 e. The maximum absolute atomic E-state index is 12.5. The first-order chi connectivity index (χ1) is 13.1. The van der Waals surface area contributed by atoms with E-state index in [1.165, 1.54) is 16.8 Å². The molecule has 1 heterocycles. The van der Waals surface area contributed by atoms with Crippen LogP contribution in [0.2, 0.25) is 0 Å². The van der Waals surface area contributed by atoms with E-state index in [1.54, 1.807) is 18.3 Å². The van der Waals surface area contributed by atoms with Crippen LogP contribution in [-0.4, -0.2) is 34.0 Å². The van der Waals surface area contributed by atoms with Crippen molar-refractivity contribution in [3.8, 4) is 5.69 Å². The Morgan fingerprint density at radius 3 is 2.56 bits per heavy atom. The Balaban J connectivity index is 1.59. The first kappa shape index (κ1) is 18.1. The highest BCUT2D eigenvalue weighted by Gasteiger charge is 2.10. The van der Waals surface area contributed by atoms with Gasteiger partial charge in [0.05, 0.1) is 22.7 Å². The lowest BCUT2D eigenvalue weighted by molar-refractivity contribution is -0.384. The normalized spacial score (nSPS) is 11.0. The average Bonchev–Trinajstić information content (AvgIpc) is 2.97. The van der Waals surface area contributed by atoms with Gasteiger partial charge in [-0.25, -0.2) is 4.68 Å². The van der Waals surface area contributed by atoms with E-state index >= 15 is 0 Å². The molecule has 0 aliphatic carbocycles. The number of aromatic amines is 1. The third-order valence-electron chi connectivity index (χ3n) is 4.00. The van der Waals surface area contributed by atoms with E-state index in [2.05, 4.69) is 15.4 Å². The van der Waals surface area contributed by atoms with E-state index in [0.717, 1.165) is 17.1 Å². The fraction of sp³-hybridized carbons (Fsp3) is 0.158. The van der Waals surface area contributed by atoms with Gasteiger partial charge >= 0.3 is 0 Å². The minimum Gasteiger partial charge on any atom is -0.383 e. The Hall–Kier alpha value is -3.68. The van der Waals surface area contributed by atoms with Gasteiger partial charge in [-0.3, -0.25) is 25.0 Å². The fourth-order valence-electron chi connectivity index (χ4n) is 2.59. The number of anilines is 1. The minimum atomic E-state index is -0.435. The molecule has 0 amide bonds. The second-order valence-electron chi connectivity index (χ2n) is 5.89. The molecule has 0 unspecified atom stereocenters. The first-order valence-corrected chi connectivity index (χ1v) is 8.41. The molecule has 0 aliphatic rings. The highest BCUT2D eigenvalue weighted by molar-refractivity contribution is 5.80. The summed E-state index contributed by atoms with van der Waals surface area (Å²) in [5, 5.41) is 16.8. The zero-order valence-corrected chi connectivity index (χ0v) is 14.8. The molecule has 8 nitrogen and oxygen atoms in total. The van der Waals surface area contributed by atoms with Gasteiger partial charge in [-0.1, -0.05) is 18.2 Å². The predicted octanol–water partition coefficient (Wildman–Crippen LogP) is 2.91. The van der Waals surface area contributed by atoms with E-state index in [9.17, 15) is 14.9 Å². The molecule has 0 saturated heterocycles. The number of nitrogens with zero attached hydrogens (tertiary/aromatic N) is 3. The van der Waals surface area contributed by atoms with Crippen molar-refractivity contribution < 1.29 is 4.92 Å². The van der Waals surface area contributed by atoms with Crippen molar-refractivity contribution in [1.82, 2.24) is 9.78 Å². The molecule has 0 bridgehead atoms. The number of aliphatic imine (C=N–C) groups is 1. The third-order valence-corrected chi connectivity index (χ3v) is 4.00. The molecule has 8 heteroatoms. The summed E-state index contributed by atoms with van der Waals surface area (Å²) in [6.45, 7) is 2.84. The summed E-state index contributed by atoms with van der Waals surface area (Å²) < 4.78 is 1.49. The number of nitro groups is 1. The SMILES string of the molecule is Cc1[nH]n(-c2ccccc2)c(=O)c1C=NCCNc1ccc([N+](=O)[O-])cc1. The molecule has 0 saturated carbocycles. The number of aryl methyl sites for hydroxylation is 1. The van der Waals surface area contributed by atoms with Crippen LogP contribution in [0.1, 0.15) is 11.3 Å². The van der Waals surface area contributed by atoms with Crippen molar-refractivity contribution in [2.75, 3.05) is 18.4 Å². The van der Waals surface area contributed by atoms with Crippen molar-refractivity contribution in [2.45, 2.75) is 6.92 Å². The fourth-order valence-corrected chi connectivity index (χ4v) is 2.59. The van der Waals surface area contributed by atoms with Gasteiger partial charge in [0, 0.05) is 36.3 Å². The summed E-state index contributed by atoms with van der Waals surface area (Å²) in [5.74, 6) is 0. The van der Waals surface area contributed by atoms with Crippen LogP contribution in [-0.2, 0) is 0 Å². The molecule has 2 N–H and O–H groups in total. The lowest BCUT2D eigenvalue weighted by atomic mass is 10.3. The predicted molar refractivity (Wildman–Crippen MR) is 105 cm³/mol. The van der Waals surface area contributed by atoms with Crippen LogP contribution in [0, 0.1) is 17.0 Å². The molecular weight excluding hydrogens is 346 g/mol. The lowest BCUT2D eigenvalue weighted by Gasteiger charge is -2.03. The second-order valence-corrected chi connectivity index (χ2v) is 5.89. The van der Waals surface area contributed by atoms with Crippen molar-refractivity contribution in [3.05, 3.63) is 86.3 Å².